The first-order chi connectivity index (χ1) is 16.6. The molecule has 0 radical (unpaired) electrons. The maximum absolute atomic E-state index is 12.5. The quantitative estimate of drug-likeness (QED) is 0.347. The number of anilines is 1. The Hall–Kier alpha value is -4.23. The predicted octanol–water partition coefficient (Wildman–Crippen LogP) is 2.95. The number of ether oxygens (including phenoxy) is 2. The van der Waals surface area contributed by atoms with Gasteiger partial charge in [0.15, 0.2) is 5.75 Å². The topological polar surface area (TPSA) is 158 Å². The molecule has 180 valence electrons. The molecule has 11 nitrogen and oxygen atoms in total. The van der Waals surface area contributed by atoms with Gasteiger partial charge in [-0.2, -0.15) is 13.5 Å². The number of hydrogen-bond acceptors (Lipinski definition) is 8. The molecule has 15 heteroatoms. The molecule has 0 bridgehead atoms. The fourth-order valence-electron chi connectivity index (χ4n) is 2.95. The molecule has 4 N–H and O–H groups in total. The van der Waals surface area contributed by atoms with Crippen LogP contribution in [0.15, 0.2) is 56.8 Å². The Bertz CT molecular complexity index is 1580. The molecule has 0 spiro atoms. The SMILES string of the molecule is Nc1nn(-c2cc(Cl)c(Oc3cc(-c4cccc(OC(F)F)c4)c(=O)[nH]n3)c(Cl)c2)c(=O)[nH]c1=O. The average molecular weight is 525 g/mol. The third-order valence-corrected chi connectivity index (χ3v) is 5.00. The van der Waals surface area contributed by atoms with Crippen molar-refractivity contribution in [1.29, 1.82) is 0 Å². The third kappa shape index (κ3) is 5.15. The monoisotopic (exact) mass is 524 g/mol. The maximum atomic E-state index is 12.5. The summed E-state index contributed by atoms with van der Waals surface area (Å²) in [6.07, 6.45) is 0. The minimum Gasteiger partial charge on any atom is -0.435 e. The second kappa shape index (κ2) is 9.56. The lowest BCUT2D eigenvalue weighted by Gasteiger charge is -2.12. The summed E-state index contributed by atoms with van der Waals surface area (Å²) in [4.78, 5) is 37.8. The lowest BCUT2D eigenvalue weighted by Crippen LogP contribution is -2.33. The van der Waals surface area contributed by atoms with Crippen LogP contribution in [0.25, 0.3) is 16.8 Å². The van der Waals surface area contributed by atoms with E-state index in [1.165, 1.54) is 42.5 Å². The van der Waals surface area contributed by atoms with E-state index in [0.29, 0.717) is 0 Å². The Labute approximate surface area is 202 Å². The van der Waals surface area contributed by atoms with Crippen LogP contribution >= 0.6 is 23.2 Å². The van der Waals surface area contributed by atoms with Crippen molar-refractivity contribution in [3.05, 3.63) is 83.7 Å². The summed E-state index contributed by atoms with van der Waals surface area (Å²) >= 11 is 12.5. The van der Waals surface area contributed by atoms with Crippen LogP contribution in [0.5, 0.6) is 17.4 Å². The van der Waals surface area contributed by atoms with E-state index in [0.717, 1.165) is 4.68 Å². The second-order valence-corrected chi connectivity index (χ2v) is 7.57. The van der Waals surface area contributed by atoms with Crippen molar-refractivity contribution in [2.24, 2.45) is 0 Å². The van der Waals surface area contributed by atoms with E-state index in [2.05, 4.69) is 20.0 Å². The molecule has 0 unspecified atom stereocenters. The van der Waals surface area contributed by atoms with Gasteiger partial charge in [-0.15, -0.1) is 10.2 Å². The molecule has 0 saturated carbocycles. The Kier molecular flexibility index (Phi) is 6.53. The summed E-state index contributed by atoms with van der Waals surface area (Å²) in [5, 5.41) is 9.55. The molecule has 2 aromatic heterocycles. The molecule has 0 aliphatic carbocycles. The summed E-state index contributed by atoms with van der Waals surface area (Å²) < 4.78 is 35.8. The van der Waals surface area contributed by atoms with Crippen molar-refractivity contribution in [3.8, 4) is 34.2 Å². The van der Waals surface area contributed by atoms with E-state index in [1.807, 2.05) is 4.98 Å². The maximum Gasteiger partial charge on any atom is 0.387 e. The number of rotatable bonds is 6. The van der Waals surface area contributed by atoms with Crippen LogP contribution in [0.3, 0.4) is 0 Å². The van der Waals surface area contributed by atoms with E-state index in [-0.39, 0.29) is 44.2 Å². The van der Waals surface area contributed by atoms with Crippen LogP contribution in [0.1, 0.15) is 0 Å². The van der Waals surface area contributed by atoms with Gasteiger partial charge in [0.25, 0.3) is 11.1 Å². The lowest BCUT2D eigenvalue weighted by atomic mass is 10.1. The number of alkyl halides is 2. The molecule has 0 aliphatic heterocycles. The molecule has 4 rings (SSSR count). The highest BCUT2D eigenvalue weighted by Gasteiger charge is 2.16. The molecule has 2 heterocycles. The largest absolute Gasteiger partial charge is 0.435 e. The zero-order valence-electron chi connectivity index (χ0n) is 17.1. The van der Waals surface area contributed by atoms with E-state index < -0.39 is 29.2 Å². The number of aromatic amines is 2. The molecule has 0 amide bonds. The first kappa shape index (κ1) is 23.9. The van der Waals surface area contributed by atoms with Gasteiger partial charge in [0, 0.05) is 6.07 Å². The zero-order valence-corrected chi connectivity index (χ0v) is 18.6. The highest BCUT2D eigenvalue weighted by Crippen LogP contribution is 2.38. The van der Waals surface area contributed by atoms with Crippen molar-refractivity contribution < 1.29 is 18.3 Å². The van der Waals surface area contributed by atoms with Crippen molar-refractivity contribution in [2.75, 3.05) is 5.73 Å². The van der Waals surface area contributed by atoms with Crippen molar-refractivity contribution >= 4 is 29.0 Å². The van der Waals surface area contributed by atoms with Crippen LogP contribution in [-0.4, -0.2) is 31.6 Å². The van der Waals surface area contributed by atoms with Gasteiger partial charge >= 0.3 is 12.3 Å². The second-order valence-electron chi connectivity index (χ2n) is 6.75. The fraction of sp³-hybridized carbons (Fsp3) is 0.0500. The normalized spacial score (nSPS) is 11.0. The highest BCUT2D eigenvalue weighted by atomic mass is 35.5. The van der Waals surface area contributed by atoms with Crippen molar-refractivity contribution in [1.82, 2.24) is 25.0 Å². The Morgan fingerprint density at radius 3 is 2.43 bits per heavy atom. The molecule has 2 aromatic carbocycles. The van der Waals surface area contributed by atoms with E-state index >= 15 is 0 Å². The van der Waals surface area contributed by atoms with E-state index in [4.69, 9.17) is 33.7 Å². The fourth-order valence-corrected chi connectivity index (χ4v) is 3.51. The number of nitrogens with zero attached hydrogens (tertiary/aromatic N) is 3. The van der Waals surface area contributed by atoms with Gasteiger partial charge in [-0.3, -0.25) is 14.6 Å². The Balaban J connectivity index is 1.69. The molecule has 4 aromatic rings. The number of H-pyrrole nitrogens is 2. The van der Waals surface area contributed by atoms with Gasteiger partial charge < -0.3 is 15.2 Å². The van der Waals surface area contributed by atoms with Gasteiger partial charge in [-0.1, -0.05) is 35.3 Å². The van der Waals surface area contributed by atoms with Crippen molar-refractivity contribution in [2.45, 2.75) is 6.61 Å². The van der Waals surface area contributed by atoms with Gasteiger partial charge in [0.2, 0.25) is 11.7 Å². The summed E-state index contributed by atoms with van der Waals surface area (Å²) in [6.45, 7) is -3.04. The summed E-state index contributed by atoms with van der Waals surface area (Å²) in [5.41, 5.74) is 3.47. The summed E-state index contributed by atoms with van der Waals surface area (Å²) in [6, 6.07) is 9.27. The number of aromatic nitrogens is 5. The average Bonchev–Trinajstić information content (AvgIpc) is 2.79. The zero-order chi connectivity index (χ0) is 25.3. The van der Waals surface area contributed by atoms with Gasteiger partial charge in [-0.05, 0) is 29.8 Å². The van der Waals surface area contributed by atoms with Crippen LogP contribution in [-0.2, 0) is 0 Å². The van der Waals surface area contributed by atoms with Crippen LogP contribution in [0.2, 0.25) is 10.0 Å². The van der Waals surface area contributed by atoms with Crippen molar-refractivity contribution in [3.63, 3.8) is 0 Å². The number of halogens is 4. The molecular weight excluding hydrogens is 513 g/mol. The standard InChI is InChI=1S/C20H12Cl2F2N6O5/c21-12-5-9(30-20(33)26-18(32)16(25)29-30)6-13(22)15(12)35-14-7-11(17(31)28-27-14)8-2-1-3-10(4-8)34-19(23)24/h1-7,19H,(H2,25,29)(H,28,31)(H,26,32,33). The van der Waals surface area contributed by atoms with Crippen LogP contribution in [0.4, 0.5) is 14.6 Å². The van der Waals surface area contributed by atoms with Crippen LogP contribution in [0, 0.1) is 0 Å². The molecular formula is C20H12Cl2F2N6O5. The van der Waals surface area contributed by atoms with Gasteiger partial charge in [0.05, 0.1) is 21.3 Å². The number of nitrogens with one attached hydrogen (secondary N) is 2. The lowest BCUT2D eigenvalue weighted by molar-refractivity contribution is -0.0498. The summed E-state index contributed by atoms with van der Waals surface area (Å²) in [5.74, 6) is -0.822. The smallest absolute Gasteiger partial charge is 0.387 e. The highest BCUT2D eigenvalue weighted by molar-refractivity contribution is 6.37. The van der Waals surface area contributed by atoms with Crippen LogP contribution < -0.4 is 32.0 Å². The molecule has 0 atom stereocenters. The van der Waals surface area contributed by atoms with E-state index in [1.54, 1.807) is 0 Å². The first-order valence-electron chi connectivity index (χ1n) is 9.43. The predicted molar refractivity (Wildman–Crippen MR) is 122 cm³/mol. The first-order valence-corrected chi connectivity index (χ1v) is 10.2. The van der Waals surface area contributed by atoms with Gasteiger partial charge in [0.1, 0.15) is 5.75 Å². The number of hydrogen-bond donors (Lipinski definition) is 3. The minimum atomic E-state index is -3.04. The minimum absolute atomic E-state index is 0.0399. The number of benzene rings is 2. The molecule has 0 fully saturated rings. The molecule has 0 saturated heterocycles. The Morgan fingerprint density at radius 2 is 1.74 bits per heavy atom. The number of nitrogen functional groups attached to an aromatic ring is 1. The number of nitrogens with two attached hydrogens (primary N) is 1. The molecule has 0 aliphatic rings. The van der Waals surface area contributed by atoms with E-state index in [9.17, 15) is 23.2 Å². The molecule has 35 heavy (non-hydrogen) atoms. The summed E-state index contributed by atoms with van der Waals surface area (Å²) in [7, 11) is 0. The third-order valence-electron chi connectivity index (χ3n) is 4.44. The van der Waals surface area contributed by atoms with Gasteiger partial charge in [-0.25, -0.2) is 9.89 Å². The Morgan fingerprint density at radius 1 is 1.03 bits per heavy atom.